The van der Waals surface area contributed by atoms with E-state index in [1.807, 2.05) is 41.1 Å². The third-order valence-electron chi connectivity index (χ3n) is 4.70. The Balaban J connectivity index is 1.61. The minimum atomic E-state index is -0.0542. The average Bonchev–Trinajstić information content (AvgIpc) is 3.24. The monoisotopic (exact) mass is 425 g/mol. The second-order valence-electron chi connectivity index (χ2n) is 7.05. The van der Waals surface area contributed by atoms with Gasteiger partial charge in [-0.05, 0) is 35.2 Å². The molecule has 1 aromatic heterocycles. The Morgan fingerprint density at radius 2 is 1.90 bits per heavy atom. The average molecular weight is 426 g/mol. The molecule has 0 atom stereocenters. The maximum atomic E-state index is 12.4. The molecular weight excluding hydrogens is 398 g/mol. The molecule has 0 fully saturated rings. The number of ether oxygens (including phenoxy) is 2. The number of hydrogen-bond acceptors (Lipinski definition) is 5. The number of amides is 1. The molecule has 1 heterocycles. The predicted octanol–water partition coefficient (Wildman–Crippen LogP) is 4.42. The molecule has 1 N–H and O–H groups in total. The van der Waals surface area contributed by atoms with E-state index >= 15 is 0 Å². The van der Waals surface area contributed by atoms with Crippen molar-refractivity contribution in [1.29, 1.82) is 0 Å². The number of carbonyl (C=O) groups is 1. The van der Waals surface area contributed by atoms with Crippen molar-refractivity contribution in [3.05, 3.63) is 66.0 Å². The van der Waals surface area contributed by atoms with E-state index in [0.29, 0.717) is 24.0 Å². The van der Waals surface area contributed by atoms with Crippen LogP contribution < -0.4 is 14.8 Å². The van der Waals surface area contributed by atoms with Gasteiger partial charge in [-0.15, -0.1) is 0 Å². The van der Waals surface area contributed by atoms with Gasteiger partial charge in [-0.3, -0.25) is 9.36 Å². The minimum Gasteiger partial charge on any atom is -0.493 e. The molecule has 0 saturated carbocycles. The van der Waals surface area contributed by atoms with E-state index in [1.54, 1.807) is 20.4 Å². The van der Waals surface area contributed by atoms with Crippen LogP contribution in [0.3, 0.4) is 0 Å². The Hall–Kier alpha value is -2.93. The van der Waals surface area contributed by atoms with Crippen molar-refractivity contribution < 1.29 is 14.3 Å². The number of nitrogens with one attached hydrogen (secondary N) is 1. The number of rotatable bonds is 9. The first-order chi connectivity index (χ1) is 14.5. The fourth-order valence-corrected chi connectivity index (χ4v) is 3.94. The molecule has 0 unspecified atom stereocenters. The summed E-state index contributed by atoms with van der Waals surface area (Å²) < 4.78 is 12.6. The van der Waals surface area contributed by atoms with Crippen LogP contribution in [-0.2, 0) is 11.3 Å². The third-order valence-corrected chi connectivity index (χ3v) is 5.66. The van der Waals surface area contributed by atoms with Crippen LogP contribution in [0.5, 0.6) is 11.5 Å². The highest BCUT2D eigenvalue weighted by atomic mass is 32.2. The third kappa shape index (κ3) is 5.16. The molecule has 158 valence electrons. The van der Waals surface area contributed by atoms with Gasteiger partial charge in [0, 0.05) is 18.9 Å². The number of methoxy groups -OCH3 is 2. The first-order valence-corrected chi connectivity index (χ1v) is 10.7. The summed E-state index contributed by atoms with van der Waals surface area (Å²) >= 11 is 1.42. The lowest BCUT2D eigenvalue weighted by molar-refractivity contribution is -0.118. The van der Waals surface area contributed by atoms with Gasteiger partial charge in [0.2, 0.25) is 5.91 Å². The summed E-state index contributed by atoms with van der Waals surface area (Å²) in [5, 5.41) is 3.74. The molecule has 3 rings (SSSR count). The fourth-order valence-electron chi connectivity index (χ4n) is 3.15. The molecule has 0 radical (unpaired) electrons. The molecule has 0 aliphatic rings. The number of carbonyl (C=O) groups excluding carboxylic acids is 1. The standard InChI is InChI=1S/C23H27N3O3S/c1-16(2)18-7-5-6-8-19(18)26-12-11-24-23(26)30-15-22(27)25-14-17-9-10-20(28-3)21(13-17)29-4/h5-13,16H,14-15H2,1-4H3,(H,25,27). The van der Waals surface area contributed by atoms with E-state index in [4.69, 9.17) is 9.47 Å². The van der Waals surface area contributed by atoms with Crippen LogP contribution >= 0.6 is 11.8 Å². The van der Waals surface area contributed by atoms with E-state index in [9.17, 15) is 4.79 Å². The molecule has 1 amide bonds. The van der Waals surface area contributed by atoms with Crippen molar-refractivity contribution in [2.75, 3.05) is 20.0 Å². The Bertz CT molecular complexity index is 1000. The highest BCUT2D eigenvalue weighted by Crippen LogP contribution is 2.28. The molecule has 0 bridgehead atoms. The van der Waals surface area contributed by atoms with Crippen LogP contribution in [0, 0.1) is 0 Å². The number of nitrogens with zero attached hydrogens (tertiary/aromatic N) is 2. The first-order valence-electron chi connectivity index (χ1n) is 9.76. The van der Waals surface area contributed by atoms with Crippen molar-refractivity contribution in [1.82, 2.24) is 14.9 Å². The summed E-state index contributed by atoms with van der Waals surface area (Å²) in [6.45, 7) is 4.76. The summed E-state index contributed by atoms with van der Waals surface area (Å²) in [5.41, 5.74) is 3.28. The van der Waals surface area contributed by atoms with Crippen LogP contribution in [0.2, 0.25) is 0 Å². The van der Waals surface area contributed by atoms with Gasteiger partial charge in [-0.25, -0.2) is 4.98 Å². The number of aromatic nitrogens is 2. The van der Waals surface area contributed by atoms with Crippen LogP contribution in [-0.4, -0.2) is 35.4 Å². The normalized spacial score (nSPS) is 10.8. The zero-order chi connectivity index (χ0) is 21.5. The summed E-state index contributed by atoms with van der Waals surface area (Å²) in [6.07, 6.45) is 3.70. The largest absolute Gasteiger partial charge is 0.493 e. The van der Waals surface area contributed by atoms with Crippen molar-refractivity contribution in [2.24, 2.45) is 0 Å². The maximum Gasteiger partial charge on any atom is 0.230 e. The summed E-state index contributed by atoms with van der Waals surface area (Å²) in [5.74, 6) is 1.93. The highest BCUT2D eigenvalue weighted by molar-refractivity contribution is 7.99. The molecule has 30 heavy (non-hydrogen) atoms. The Morgan fingerprint density at radius 1 is 1.13 bits per heavy atom. The number of imidazole rings is 1. The Labute approximate surface area is 181 Å². The fraction of sp³-hybridized carbons (Fsp3) is 0.304. The zero-order valence-electron chi connectivity index (χ0n) is 17.7. The van der Waals surface area contributed by atoms with E-state index < -0.39 is 0 Å². The summed E-state index contributed by atoms with van der Waals surface area (Å²) in [6, 6.07) is 13.9. The second kappa shape index (κ2) is 10.2. The summed E-state index contributed by atoms with van der Waals surface area (Å²) in [4.78, 5) is 16.8. The molecule has 0 spiro atoms. The van der Waals surface area contributed by atoms with Gasteiger partial charge < -0.3 is 14.8 Å². The number of benzene rings is 2. The van der Waals surface area contributed by atoms with Crippen LogP contribution in [0.1, 0.15) is 30.9 Å². The van der Waals surface area contributed by atoms with Crippen molar-refractivity contribution in [3.8, 4) is 17.2 Å². The lowest BCUT2D eigenvalue weighted by Crippen LogP contribution is -2.24. The van der Waals surface area contributed by atoms with Gasteiger partial charge in [-0.2, -0.15) is 0 Å². The Kier molecular flexibility index (Phi) is 7.41. The van der Waals surface area contributed by atoms with Gasteiger partial charge in [-0.1, -0.05) is 49.9 Å². The van der Waals surface area contributed by atoms with Gasteiger partial charge in [0.1, 0.15) is 0 Å². The molecule has 3 aromatic rings. The van der Waals surface area contributed by atoms with Crippen LogP contribution in [0.4, 0.5) is 0 Å². The van der Waals surface area contributed by atoms with E-state index in [0.717, 1.165) is 16.4 Å². The van der Waals surface area contributed by atoms with Gasteiger partial charge in [0.05, 0.1) is 25.7 Å². The molecule has 0 saturated heterocycles. The van der Waals surface area contributed by atoms with Crippen LogP contribution in [0.25, 0.3) is 5.69 Å². The second-order valence-corrected chi connectivity index (χ2v) is 7.99. The zero-order valence-corrected chi connectivity index (χ0v) is 18.5. The SMILES string of the molecule is COc1ccc(CNC(=O)CSc2nccn2-c2ccccc2C(C)C)cc1OC. The van der Waals surface area contributed by atoms with Crippen LogP contribution in [0.15, 0.2) is 60.0 Å². The smallest absolute Gasteiger partial charge is 0.230 e. The predicted molar refractivity (Wildman–Crippen MR) is 120 cm³/mol. The van der Waals surface area contributed by atoms with E-state index in [2.05, 4.69) is 36.3 Å². The van der Waals surface area contributed by atoms with Crippen molar-refractivity contribution in [2.45, 2.75) is 31.5 Å². The topological polar surface area (TPSA) is 65.4 Å². The quantitative estimate of drug-likeness (QED) is 0.514. The number of thioether (sulfide) groups is 1. The first kappa shape index (κ1) is 21.8. The van der Waals surface area contributed by atoms with E-state index in [-0.39, 0.29) is 11.7 Å². The lowest BCUT2D eigenvalue weighted by Gasteiger charge is -2.15. The van der Waals surface area contributed by atoms with Gasteiger partial charge >= 0.3 is 0 Å². The highest BCUT2D eigenvalue weighted by Gasteiger charge is 2.13. The maximum absolute atomic E-state index is 12.4. The molecule has 7 heteroatoms. The molecule has 6 nitrogen and oxygen atoms in total. The molecule has 0 aliphatic carbocycles. The van der Waals surface area contributed by atoms with Gasteiger partial charge in [0.15, 0.2) is 16.7 Å². The molecular formula is C23H27N3O3S. The minimum absolute atomic E-state index is 0.0542. The Morgan fingerprint density at radius 3 is 2.63 bits per heavy atom. The summed E-state index contributed by atoms with van der Waals surface area (Å²) in [7, 11) is 3.19. The molecule has 0 aliphatic heterocycles. The number of para-hydroxylation sites is 1. The van der Waals surface area contributed by atoms with Crippen molar-refractivity contribution >= 4 is 17.7 Å². The molecule has 2 aromatic carbocycles. The lowest BCUT2D eigenvalue weighted by atomic mass is 10.0. The van der Waals surface area contributed by atoms with E-state index in [1.165, 1.54) is 17.3 Å². The van der Waals surface area contributed by atoms with Crippen molar-refractivity contribution in [3.63, 3.8) is 0 Å². The van der Waals surface area contributed by atoms with Gasteiger partial charge in [0.25, 0.3) is 0 Å². The number of hydrogen-bond donors (Lipinski definition) is 1.